The summed E-state index contributed by atoms with van der Waals surface area (Å²) in [5, 5.41) is 11.4. The third-order valence-electron chi connectivity index (χ3n) is 4.66. The first-order valence-electron chi connectivity index (χ1n) is 9.25. The first-order valence-corrected chi connectivity index (χ1v) is 10.1. The molecule has 0 fully saturated rings. The third-order valence-corrected chi connectivity index (χ3v) is 5.74. The Morgan fingerprint density at radius 3 is 2.72 bits per heavy atom. The molecule has 5 nitrogen and oxygen atoms in total. The molecule has 0 aliphatic carbocycles. The maximum Gasteiger partial charge on any atom is 0.237 e. The van der Waals surface area contributed by atoms with E-state index in [-0.39, 0.29) is 11.7 Å². The summed E-state index contributed by atoms with van der Waals surface area (Å²) in [6.07, 6.45) is 1.69. The van der Waals surface area contributed by atoms with Crippen molar-refractivity contribution in [1.82, 2.24) is 14.8 Å². The van der Waals surface area contributed by atoms with Gasteiger partial charge in [0.2, 0.25) is 5.91 Å². The van der Waals surface area contributed by atoms with E-state index >= 15 is 0 Å². The van der Waals surface area contributed by atoms with Crippen LogP contribution in [-0.2, 0) is 11.3 Å². The van der Waals surface area contributed by atoms with Gasteiger partial charge in [-0.3, -0.25) is 9.36 Å². The van der Waals surface area contributed by atoms with E-state index in [1.54, 1.807) is 35.8 Å². The lowest BCUT2D eigenvalue weighted by molar-refractivity contribution is -0.115. The van der Waals surface area contributed by atoms with Crippen molar-refractivity contribution in [3.05, 3.63) is 72.1 Å². The van der Waals surface area contributed by atoms with E-state index in [4.69, 9.17) is 0 Å². The number of thioether (sulfide) groups is 1. The molecule has 3 aromatic rings. The molecule has 29 heavy (non-hydrogen) atoms. The zero-order chi connectivity index (χ0) is 21.0. The number of carbonyl (C=O) groups is 1. The van der Waals surface area contributed by atoms with Gasteiger partial charge in [0.15, 0.2) is 11.0 Å². The maximum atomic E-state index is 14.2. The Morgan fingerprint density at radius 1 is 1.24 bits per heavy atom. The molecule has 0 aliphatic rings. The minimum Gasteiger partial charge on any atom is -0.325 e. The van der Waals surface area contributed by atoms with E-state index in [2.05, 4.69) is 22.1 Å². The van der Waals surface area contributed by atoms with Crippen LogP contribution in [0.3, 0.4) is 0 Å². The Hall–Kier alpha value is -2.93. The highest BCUT2D eigenvalue weighted by Gasteiger charge is 2.22. The SMILES string of the molecule is C=CCn1c(SC(C)C(=O)Nc2cccc(C)c2C)nnc1-c1ccccc1F. The van der Waals surface area contributed by atoms with E-state index in [1.807, 2.05) is 32.0 Å². The van der Waals surface area contributed by atoms with Gasteiger partial charge in [-0.25, -0.2) is 4.39 Å². The zero-order valence-electron chi connectivity index (χ0n) is 16.6. The summed E-state index contributed by atoms with van der Waals surface area (Å²) in [5.74, 6) is -0.0978. The summed E-state index contributed by atoms with van der Waals surface area (Å²) in [4.78, 5) is 12.7. The number of nitrogens with zero attached hydrogens (tertiary/aromatic N) is 3. The molecule has 150 valence electrons. The van der Waals surface area contributed by atoms with Crippen molar-refractivity contribution in [1.29, 1.82) is 0 Å². The second kappa shape index (κ2) is 9.05. The molecule has 1 aromatic heterocycles. The minimum absolute atomic E-state index is 0.135. The molecule has 0 spiro atoms. The predicted octanol–water partition coefficient (Wildman–Crippen LogP) is 5.01. The number of aryl methyl sites for hydroxylation is 1. The molecule has 2 aromatic carbocycles. The summed E-state index contributed by atoms with van der Waals surface area (Å²) in [6, 6.07) is 12.2. The third kappa shape index (κ3) is 4.56. The fourth-order valence-electron chi connectivity index (χ4n) is 2.84. The topological polar surface area (TPSA) is 59.8 Å². The van der Waals surface area contributed by atoms with Crippen molar-refractivity contribution in [2.75, 3.05) is 5.32 Å². The van der Waals surface area contributed by atoms with Crippen molar-refractivity contribution in [2.24, 2.45) is 0 Å². The van der Waals surface area contributed by atoms with Crippen LogP contribution in [0.1, 0.15) is 18.1 Å². The second-order valence-electron chi connectivity index (χ2n) is 6.68. The molecule has 0 saturated carbocycles. The van der Waals surface area contributed by atoms with Crippen LogP contribution < -0.4 is 5.32 Å². The van der Waals surface area contributed by atoms with Crippen LogP contribution in [-0.4, -0.2) is 25.9 Å². The maximum absolute atomic E-state index is 14.2. The second-order valence-corrected chi connectivity index (χ2v) is 7.99. The molecule has 1 amide bonds. The predicted molar refractivity (Wildman–Crippen MR) is 115 cm³/mol. The summed E-state index contributed by atoms with van der Waals surface area (Å²) in [5.41, 5.74) is 3.31. The van der Waals surface area contributed by atoms with Crippen LogP contribution in [0.4, 0.5) is 10.1 Å². The highest BCUT2D eigenvalue weighted by Crippen LogP contribution is 2.29. The Kier molecular flexibility index (Phi) is 6.49. The van der Waals surface area contributed by atoms with Crippen LogP contribution in [0.25, 0.3) is 11.4 Å². The van der Waals surface area contributed by atoms with Gasteiger partial charge >= 0.3 is 0 Å². The molecule has 0 bridgehead atoms. The number of halogens is 1. The molecular formula is C22H23FN4OS. The molecule has 3 rings (SSSR count). The van der Waals surface area contributed by atoms with Gasteiger partial charge in [0.05, 0.1) is 10.8 Å². The number of hydrogen-bond donors (Lipinski definition) is 1. The van der Waals surface area contributed by atoms with Gasteiger partial charge in [-0.1, -0.05) is 42.1 Å². The summed E-state index contributed by atoms with van der Waals surface area (Å²) < 4.78 is 16.0. The number of amides is 1. The summed E-state index contributed by atoms with van der Waals surface area (Å²) >= 11 is 1.28. The molecule has 0 aliphatic heterocycles. The number of rotatable bonds is 7. The highest BCUT2D eigenvalue weighted by atomic mass is 32.2. The summed E-state index contributed by atoms with van der Waals surface area (Å²) in [6.45, 7) is 9.96. The van der Waals surface area contributed by atoms with Crippen molar-refractivity contribution in [3.8, 4) is 11.4 Å². The molecule has 1 atom stereocenters. The molecule has 1 N–H and O–H groups in total. The minimum atomic E-state index is -0.420. The average Bonchev–Trinajstić information content (AvgIpc) is 3.08. The van der Waals surface area contributed by atoms with Crippen LogP contribution in [0.2, 0.25) is 0 Å². The number of hydrogen-bond acceptors (Lipinski definition) is 4. The Labute approximate surface area is 174 Å². The van der Waals surface area contributed by atoms with Crippen molar-refractivity contribution in [3.63, 3.8) is 0 Å². The number of allylic oxidation sites excluding steroid dienone is 1. The lowest BCUT2D eigenvalue weighted by atomic mass is 10.1. The van der Waals surface area contributed by atoms with E-state index in [0.29, 0.717) is 23.1 Å². The zero-order valence-corrected chi connectivity index (χ0v) is 17.5. The first-order chi connectivity index (χ1) is 13.9. The number of nitrogens with one attached hydrogen (secondary N) is 1. The summed E-state index contributed by atoms with van der Waals surface area (Å²) in [7, 11) is 0. The van der Waals surface area contributed by atoms with E-state index in [1.165, 1.54) is 17.8 Å². The number of anilines is 1. The fourth-order valence-corrected chi connectivity index (χ4v) is 3.70. The highest BCUT2D eigenvalue weighted by molar-refractivity contribution is 8.00. The van der Waals surface area contributed by atoms with Gasteiger partial charge < -0.3 is 5.32 Å². The first kappa shape index (κ1) is 20.8. The molecular weight excluding hydrogens is 387 g/mol. The van der Waals surface area contributed by atoms with Gasteiger partial charge in [0.25, 0.3) is 0 Å². The Bertz CT molecular complexity index is 1050. The number of carbonyl (C=O) groups excluding carboxylic acids is 1. The molecule has 1 unspecified atom stereocenters. The Morgan fingerprint density at radius 2 is 2.00 bits per heavy atom. The van der Waals surface area contributed by atoms with E-state index in [0.717, 1.165) is 16.8 Å². The van der Waals surface area contributed by atoms with Gasteiger partial charge in [-0.05, 0) is 50.1 Å². The standard InChI is InChI=1S/C22H23FN4OS/c1-5-13-27-20(17-10-6-7-11-18(17)23)25-26-22(27)29-16(4)21(28)24-19-12-8-9-14(2)15(19)3/h5-12,16H,1,13H2,2-4H3,(H,24,28). The van der Waals surface area contributed by atoms with Crippen molar-refractivity contribution >= 4 is 23.4 Å². The normalized spacial score (nSPS) is 11.9. The van der Waals surface area contributed by atoms with Crippen molar-refractivity contribution < 1.29 is 9.18 Å². The molecule has 0 saturated heterocycles. The van der Waals surface area contributed by atoms with Gasteiger partial charge in [-0.15, -0.1) is 16.8 Å². The number of benzene rings is 2. The van der Waals surface area contributed by atoms with Crippen LogP contribution in [0.5, 0.6) is 0 Å². The monoisotopic (exact) mass is 410 g/mol. The molecule has 7 heteroatoms. The Balaban J connectivity index is 1.82. The fraction of sp³-hybridized carbons (Fsp3) is 0.227. The van der Waals surface area contributed by atoms with E-state index in [9.17, 15) is 9.18 Å². The van der Waals surface area contributed by atoms with Gasteiger partial charge in [0, 0.05) is 12.2 Å². The van der Waals surface area contributed by atoms with Gasteiger partial charge in [-0.2, -0.15) is 0 Å². The largest absolute Gasteiger partial charge is 0.325 e. The molecule has 1 heterocycles. The van der Waals surface area contributed by atoms with Crippen LogP contribution in [0, 0.1) is 19.7 Å². The van der Waals surface area contributed by atoms with Crippen LogP contribution >= 0.6 is 11.8 Å². The van der Waals surface area contributed by atoms with Gasteiger partial charge in [0.1, 0.15) is 5.82 Å². The van der Waals surface area contributed by atoms with Crippen molar-refractivity contribution in [2.45, 2.75) is 37.7 Å². The quantitative estimate of drug-likeness (QED) is 0.440. The smallest absolute Gasteiger partial charge is 0.237 e. The lowest BCUT2D eigenvalue weighted by Gasteiger charge is -2.15. The lowest BCUT2D eigenvalue weighted by Crippen LogP contribution is -2.23. The average molecular weight is 411 g/mol. The van der Waals surface area contributed by atoms with Crippen LogP contribution in [0.15, 0.2) is 60.3 Å². The number of aromatic nitrogens is 3. The van der Waals surface area contributed by atoms with E-state index < -0.39 is 5.25 Å². The molecule has 0 radical (unpaired) electrons.